The number of nitrogens with one attached hydrogen (secondary N) is 1. The Hall–Kier alpha value is -2.10. The molecule has 0 heterocycles. The highest BCUT2D eigenvalue weighted by molar-refractivity contribution is 6.03. The number of hydrogen-bond acceptors (Lipinski definition) is 2. The zero-order valence-electron chi connectivity index (χ0n) is 13.5. The van der Waals surface area contributed by atoms with Gasteiger partial charge in [-0.15, -0.1) is 0 Å². The van der Waals surface area contributed by atoms with Crippen molar-refractivity contribution in [3.8, 4) is 0 Å². The number of amides is 2. The maximum absolute atomic E-state index is 12.2. The summed E-state index contributed by atoms with van der Waals surface area (Å²) < 4.78 is 0. The van der Waals surface area contributed by atoms with Gasteiger partial charge in [-0.3, -0.25) is 9.59 Å². The Bertz CT molecular complexity index is 475. The maximum Gasteiger partial charge on any atom is 0.248 e. The zero-order valence-corrected chi connectivity index (χ0v) is 13.5. The highest BCUT2D eigenvalue weighted by Gasteiger charge is 2.09. The van der Waals surface area contributed by atoms with Crippen molar-refractivity contribution in [1.29, 1.82) is 0 Å². The maximum atomic E-state index is 12.2. The minimum Gasteiger partial charge on any atom is -0.339 e. The van der Waals surface area contributed by atoms with Gasteiger partial charge in [-0.1, -0.05) is 44.9 Å². The van der Waals surface area contributed by atoms with Crippen LogP contribution < -0.4 is 5.32 Å². The predicted octanol–water partition coefficient (Wildman–Crippen LogP) is 3.61. The molecule has 0 saturated carbocycles. The van der Waals surface area contributed by atoms with Gasteiger partial charge in [0.2, 0.25) is 11.8 Å². The number of nitrogens with zero attached hydrogens (tertiary/aromatic N) is 1. The van der Waals surface area contributed by atoms with Crippen molar-refractivity contribution >= 4 is 17.5 Å². The molecule has 0 bridgehead atoms. The van der Waals surface area contributed by atoms with Gasteiger partial charge in [-0.25, -0.2) is 0 Å². The lowest BCUT2D eigenvalue weighted by Crippen LogP contribution is -2.31. The number of benzene rings is 1. The molecule has 22 heavy (non-hydrogen) atoms. The molecule has 0 unspecified atom stereocenters. The quantitative estimate of drug-likeness (QED) is 0.708. The third kappa shape index (κ3) is 7.07. The highest BCUT2D eigenvalue weighted by Crippen LogP contribution is 2.05. The van der Waals surface area contributed by atoms with E-state index in [1.54, 1.807) is 0 Å². The lowest BCUT2D eigenvalue weighted by atomic mass is 10.2. The molecule has 1 aromatic carbocycles. The van der Waals surface area contributed by atoms with Gasteiger partial charge >= 0.3 is 0 Å². The van der Waals surface area contributed by atoms with Gasteiger partial charge < -0.3 is 10.2 Å². The Morgan fingerprint density at radius 1 is 1.00 bits per heavy atom. The summed E-state index contributed by atoms with van der Waals surface area (Å²) in [5.74, 6) is -0.379. The normalized spacial score (nSPS) is 10.6. The minimum atomic E-state index is -0.287. The van der Waals surface area contributed by atoms with Crippen LogP contribution in [0.4, 0.5) is 5.69 Å². The Morgan fingerprint density at radius 2 is 1.59 bits per heavy atom. The van der Waals surface area contributed by atoms with Crippen LogP contribution in [-0.2, 0) is 9.59 Å². The van der Waals surface area contributed by atoms with E-state index >= 15 is 0 Å². The van der Waals surface area contributed by atoms with Crippen LogP contribution in [0.15, 0.2) is 42.5 Å². The van der Waals surface area contributed by atoms with E-state index in [-0.39, 0.29) is 11.8 Å². The second-order valence-corrected chi connectivity index (χ2v) is 5.22. The summed E-state index contributed by atoms with van der Waals surface area (Å²) in [6.45, 7) is 5.71. The van der Waals surface area contributed by atoms with Gasteiger partial charge in [-0.2, -0.15) is 0 Å². The summed E-state index contributed by atoms with van der Waals surface area (Å²) in [7, 11) is 0. The summed E-state index contributed by atoms with van der Waals surface area (Å²) >= 11 is 0. The standard InChI is InChI=1S/C18H26N2O2/c1-3-5-14-20(15-6-4-2)18(22)13-12-17(21)19-16-10-8-7-9-11-16/h7-13H,3-6,14-15H2,1-2H3,(H,19,21)/b13-12-. The molecule has 1 rings (SSSR count). The van der Waals surface area contributed by atoms with Crippen molar-refractivity contribution in [3.05, 3.63) is 42.5 Å². The van der Waals surface area contributed by atoms with E-state index < -0.39 is 0 Å². The molecule has 0 aromatic heterocycles. The first-order valence-corrected chi connectivity index (χ1v) is 8.00. The molecule has 0 spiro atoms. The molecule has 0 aliphatic rings. The lowest BCUT2D eigenvalue weighted by molar-refractivity contribution is -0.126. The third-order valence-electron chi connectivity index (χ3n) is 3.29. The van der Waals surface area contributed by atoms with Gasteiger partial charge in [0.1, 0.15) is 0 Å². The first-order chi connectivity index (χ1) is 10.7. The highest BCUT2D eigenvalue weighted by atomic mass is 16.2. The van der Waals surface area contributed by atoms with Gasteiger partial charge in [0.15, 0.2) is 0 Å². The average Bonchev–Trinajstić information content (AvgIpc) is 2.54. The number of carbonyl (C=O) groups excluding carboxylic acids is 2. The number of anilines is 1. The van der Waals surface area contributed by atoms with Crippen LogP contribution in [0.3, 0.4) is 0 Å². The van der Waals surface area contributed by atoms with Crippen molar-refractivity contribution in [1.82, 2.24) is 4.90 Å². The average molecular weight is 302 g/mol. The van der Waals surface area contributed by atoms with E-state index in [4.69, 9.17) is 0 Å². The number of unbranched alkanes of at least 4 members (excludes halogenated alkanes) is 2. The Kier molecular flexibility index (Phi) is 8.65. The van der Waals surface area contributed by atoms with E-state index in [0.717, 1.165) is 44.5 Å². The summed E-state index contributed by atoms with van der Waals surface area (Å²) in [5, 5.41) is 2.73. The smallest absolute Gasteiger partial charge is 0.248 e. The third-order valence-corrected chi connectivity index (χ3v) is 3.29. The van der Waals surface area contributed by atoms with E-state index in [0.29, 0.717) is 0 Å². The molecule has 0 radical (unpaired) electrons. The molecule has 4 heteroatoms. The fourth-order valence-electron chi connectivity index (χ4n) is 1.99. The molecule has 0 fully saturated rings. The minimum absolute atomic E-state index is 0.0925. The SMILES string of the molecule is CCCCN(CCCC)C(=O)/C=C\C(=O)Nc1ccccc1. The molecule has 0 atom stereocenters. The van der Waals surface area contributed by atoms with Crippen LogP contribution >= 0.6 is 0 Å². The second-order valence-electron chi connectivity index (χ2n) is 5.22. The fourth-order valence-corrected chi connectivity index (χ4v) is 1.99. The van der Waals surface area contributed by atoms with E-state index in [2.05, 4.69) is 19.2 Å². The zero-order chi connectivity index (χ0) is 16.2. The molecule has 1 N–H and O–H groups in total. The summed E-state index contributed by atoms with van der Waals surface area (Å²) in [4.78, 5) is 25.8. The lowest BCUT2D eigenvalue weighted by Gasteiger charge is -2.20. The molecule has 0 aliphatic carbocycles. The molecular weight excluding hydrogens is 276 g/mol. The summed E-state index contributed by atoms with van der Waals surface area (Å²) in [6.07, 6.45) is 6.74. The molecule has 0 aliphatic heterocycles. The number of hydrogen-bond donors (Lipinski definition) is 1. The van der Waals surface area contributed by atoms with E-state index in [1.807, 2.05) is 35.2 Å². The molecule has 1 aromatic rings. The van der Waals surface area contributed by atoms with Gasteiger partial charge in [0.05, 0.1) is 0 Å². The van der Waals surface area contributed by atoms with Gasteiger partial charge in [-0.05, 0) is 25.0 Å². The van der Waals surface area contributed by atoms with Crippen LogP contribution in [-0.4, -0.2) is 29.8 Å². The molecule has 4 nitrogen and oxygen atoms in total. The Balaban J connectivity index is 2.53. The Labute approximate surface area is 133 Å². The number of carbonyl (C=O) groups is 2. The Morgan fingerprint density at radius 3 is 2.14 bits per heavy atom. The monoisotopic (exact) mass is 302 g/mol. The molecule has 2 amide bonds. The molecule has 120 valence electrons. The number of rotatable bonds is 9. The van der Waals surface area contributed by atoms with Crippen molar-refractivity contribution < 1.29 is 9.59 Å². The molecule has 0 saturated heterocycles. The van der Waals surface area contributed by atoms with Crippen LogP contribution in [0.25, 0.3) is 0 Å². The van der Waals surface area contributed by atoms with E-state index in [1.165, 1.54) is 12.2 Å². The second kappa shape index (κ2) is 10.6. The largest absolute Gasteiger partial charge is 0.339 e. The first-order valence-electron chi connectivity index (χ1n) is 8.00. The van der Waals surface area contributed by atoms with Crippen LogP contribution in [0.5, 0.6) is 0 Å². The van der Waals surface area contributed by atoms with Gasteiger partial charge in [0.25, 0.3) is 0 Å². The topological polar surface area (TPSA) is 49.4 Å². The van der Waals surface area contributed by atoms with Gasteiger partial charge in [0, 0.05) is 30.9 Å². The van der Waals surface area contributed by atoms with Crippen molar-refractivity contribution in [2.75, 3.05) is 18.4 Å². The van der Waals surface area contributed by atoms with Crippen molar-refractivity contribution in [3.63, 3.8) is 0 Å². The van der Waals surface area contributed by atoms with Crippen LogP contribution in [0.2, 0.25) is 0 Å². The van der Waals surface area contributed by atoms with Crippen molar-refractivity contribution in [2.45, 2.75) is 39.5 Å². The predicted molar refractivity (Wildman–Crippen MR) is 90.6 cm³/mol. The number of para-hydroxylation sites is 1. The van der Waals surface area contributed by atoms with Crippen LogP contribution in [0.1, 0.15) is 39.5 Å². The van der Waals surface area contributed by atoms with Crippen LogP contribution in [0, 0.1) is 0 Å². The first kappa shape index (κ1) is 18.0. The summed E-state index contributed by atoms with van der Waals surface area (Å²) in [5.41, 5.74) is 0.721. The summed E-state index contributed by atoms with van der Waals surface area (Å²) in [6, 6.07) is 9.20. The fraction of sp³-hybridized carbons (Fsp3) is 0.444. The van der Waals surface area contributed by atoms with Crippen molar-refractivity contribution in [2.24, 2.45) is 0 Å². The molecular formula is C18H26N2O2. The van der Waals surface area contributed by atoms with E-state index in [9.17, 15) is 9.59 Å².